The lowest BCUT2D eigenvalue weighted by atomic mass is 10.2. The van der Waals surface area contributed by atoms with Gasteiger partial charge in [0.15, 0.2) is 5.75 Å². The van der Waals surface area contributed by atoms with E-state index in [-0.39, 0.29) is 5.91 Å². The summed E-state index contributed by atoms with van der Waals surface area (Å²) in [6, 6.07) is 9.82. The molecule has 2 N–H and O–H groups in total. The maximum absolute atomic E-state index is 11.9. The number of hydrogen-bond acceptors (Lipinski definition) is 7. The van der Waals surface area contributed by atoms with Crippen molar-refractivity contribution in [3.05, 3.63) is 47.6 Å². The van der Waals surface area contributed by atoms with E-state index >= 15 is 0 Å². The Bertz CT molecular complexity index is 1010. The second-order valence-corrected chi connectivity index (χ2v) is 8.87. The first-order valence-electron chi connectivity index (χ1n) is 10.6. The molecule has 1 saturated heterocycles. The number of piperazine rings is 1. The first-order chi connectivity index (χ1) is 15.1. The van der Waals surface area contributed by atoms with Crippen LogP contribution in [-0.4, -0.2) is 74.1 Å². The fourth-order valence-electron chi connectivity index (χ4n) is 3.63. The van der Waals surface area contributed by atoms with Crippen molar-refractivity contribution in [1.29, 1.82) is 0 Å². The summed E-state index contributed by atoms with van der Waals surface area (Å²) in [5.74, 6) is 1.29. The molecule has 0 bridgehead atoms. The minimum atomic E-state index is -0.102. The molecule has 0 saturated carbocycles. The van der Waals surface area contributed by atoms with Crippen LogP contribution in [0.4, 0.5) is 5.69 Å². The summed E-state index contributed by atoms with van der Waals surface area (Å²) in [5, 5.41) is 7.04. The molecule has 1 aliphatic heterocycles. The second kappa shape index (κ2) is 10.1. The highest BCUT2D eigenvalue weighted by atomic mass is 32.1. The molecule has 164 valence electrons. The van der Waals surface area contributed by atoms with Gasteiger partial charge in [0.05, 0.1) is 15.8 Å². The van der Waals surface area contributed by atoms with Crippen LogP contribution < -0.4 is 15.4 Å². The summed E-state index contributed by atoms with van der Waals surface area (Å²) in [4.78, 5) is 21.7. The third kappa shape index (κ3) is 5.52. The van der Waals surface area contributed by atoms with Gasteiger partial charge in [-0.3, -0.25) is 9.78 Å². The largest absolute Gasteiger partial charge is 0.455 e. The summed E-state index contributed by atoms with van der Waals surface area (Å²) in [6.45, 7) is 6.75. The average molecular weight is 440 g/mol. The van der Waals surface area contributed by atoms with Gasteiger partial charge >= 0.3 is 0 Å². The first-order valence-corrected chi connectivity index (χ1v) is 11.5. The number of rotatable bonds is 8. The summed E-state index contributed by atoms with van der Waals surface area (Å²) in [6.07, 6.45) is 4.57. The normalized spacial score (nSPS) is 15.2. The molecule has 1 aromatic carbocycles. The quantitative estimate of drug-likeness (QED) is 0.524. The van der Waals surface area contributed by atoms with Crippen molar-refractivity contribution < 1.29 is 9.53 Å². The Morgan fingerprint density at radius 2 is 1.94 bits per heavy atom. The molecule has 0 spiro atoms. The third-order valence-electron chi connectivity index (χ3n) is 5.52. The van der Waals surface area contributed by atoms with Crippen molar-refractivity contribution in [3.8, 4) is 11.5 Å². The molecule has 3 aromatic rings. The molecule has 4 rings (SSSR count). The fraction of sp³-hybridized carbons (Fsp3) is 0.391. The van der Waals surface area contributed by atoms with Gasteiger partial charge in [0.1, 0.15) is 5.75 Å². The van der Waals surface area contributed by atoms with Crippen LogP contribution in [-0.2, 0) is 0 Å². The van der Waals surface area contributed by atoms with Crippen LogP contribution in [0, 0.1) is 0 Å². The van der Waals surface area contributed by atoms with Crippen LogP contribution in [0.3, 0.4) is 0 Å². The molecular weight excluding hydrogens is 410 g/mol. The number of benzene rings is 1. The van der Waals surface area contributed by atoms with Crippen molar-refractivity contribution in [1.82, 2.24) is 20.1 Å². The number of amides is 1. The number of hydrogen-bond donors (Lipinski definition) is 2. The Morgan fingerprint density at radius 1 is 1.16 bits per heavy atom. The lowest BCUT2D eigenvalue weighted by Crippen LogP contribution is -2.44. The molecule has 7 nitrogen and oxygen atoms in total. The Morgan fingerprint density at radius 3 is 2.68 bits per heavy atom. The molecule has 1 amide bonds. The minimum Gasteiger partial charge on any atom is -0.455 e. The van der Waals surface area contributed by atoms with Gasteiger partial charge < -0.3 is 25.2 Å². The van der Waals surface area contributed by atoms with Gasteiger partial charge in [0, 0.05) is 57.0 Å². The summed E-state index contributed by atoms with van der Waals surface area (Å²) in [7, 11) is 3.82. The Hall–Kier alpha value is -2.68. The van der Waals surface area contributed by atoms with Gasteiger partial charge in [0.25, 0.3) is 5.91 Å². The SMILES string of the molecule is CNC(=O)c1cc2c(Oc3ccc(NCCCN4CCN(C)CC4)cc3)cncc2s1. The Kier molecular flexibility index (Phi) is 7.01. The molecule has 2 aromatic heterocycles. The molecule has 1 aliphatic rings. The smallest absolute Gasteiger partial charge is 0.261 e. The second-order valence-electron chi connectivity index (χ2n) is 7.79. The van der Waals surface area contributed by atoms with Crippen LogP contribution in [0.1, 0.15) is 16.1 Å². The van der Waals surface area contributed by atoms with Crippen molar-refractivity contribution in [2.24, 2.45) is 0 Å². The molecular formula is C23H29N5O2S. The molecule has 31 heavy (non-hydrogen) atoms. The highest BCUT2D eigenvalue weighted by molar-refractivity contribution is 7.20. The average Bonchev–Trinajstić information content (AvgIpc) is 3.24. The predicted octanol–water partition coefficient (Wildman–Crippen LogP) is 3.50. The number of thiophene rings is 1. The molecule has 0 unspecified atom stereocenters. The number of anilines is 1. The molecule has 0 aliphatic carbocycles. The fourth-order valence-corrected chi connectivity index (χ4v) is 4.62. The van der Waals surface area contributed by atoms with E-state index in [0.29, 0.717) is 10.6 Å². The van der Waals surface area contributed by atoms with Crippen molar-refractivity contribution in [2.45, 2.75) is 6.42 Å². The van der Waals surface area contributed by atoms with E-state index in [2.05, 4.69) is 32.5 Å². The number of likely N-dealkylation sites (N-methyl/N-ethyl adjacent to an activating group) is 1. The minimum absolute atomic E-state index is 0.102. The summed E-state index contributed by atoms with van der Waals surface area (Å²) >= 11 is 1.41. The lowest BCUT2D eigenvalue weighted by Gasteiger charge is -2.32. The number of carbonyl (C=O) groups excluding carboxylic acids is 1. The van der Waals surface area contributed by atoms with Gasteiger partial charge in [-0.25, -0.2) is 0 Å². The van der Waals surface area contributed by atoms with Crippen LogP contribution in [0.25, 0.3) is 10.1 Å². The van der Waals surface area contributed by atoms with Crippen molar-refractivity contribution in [2.75, 3.05) is 58.7 Å². The Labute approximate surface area is 187 Å². The van der Waals surface area contributed by atoms with Gasteiger partial charge in [-0.1, -0.05) is 0 Å². The topological polar surface area (TPSA) is 69.7 Å². The van der Waals surface area contributed by atoms with E-state index in [1.165, 1.54) is 24.4 Å². The zero-order valence-corrected chi connectivity index (χ0v) is 18.9. The van der Waals surface area contributed by atoms with E-state index in [1.54, 1.807) is 19.4 Å². The number of aromatic nitrogens is 1. The van der Waals surface area contributed by atoms with E-state index < -0.39 is 0 Å². The van der Waals surface area contributed by atoms with Crippen molar-refractivity contribution in [3.63, 3.8) is 0 Å². The monoisotopic (exact) mass is 439 g/mol. The number of pyridine rings is 1. The standard InChI is InChI=1S/C23H29N5O2S/c1-24-23(29)21-14-19-20(15-25-16-22(19)31-21)30-18-6-4-17(5-7-18)26-8-3-9-28-12-10-27(2)11-13-28/h4-7,14-16,26H,3,8-13H2,1-2H3,(H,24,29). The molecule has 8 heteroatoms. The van der Waals surface area contributed by atoms with E-state index in [1.807, 2.05) is 30.3 Å². The predicted molar refractivity (Wildman–Crippen MR) is 127 cm³/mol. The lowest BCUT2D eigenvalue weighted by molar-refractivity contribution is 0.0967. The highest BCUT2D eigenvalue weighted by Gasteiger charge is 2.14. The van der Waals surface area contributed by atoms with Gasteiger partial charge in [-0.15, -0.1) is 11.3 Å². The third-order valence-corrected chi connectivity index (χ3v) is 6.59. The zero-order chi connectivity index (χ0) is 21.6. The van der Waals surface area contributed by atoms with E-state index in [0.717, 1.165) is 54.1 Å². The van der Waals surface area contributed by atoms with Crippen molar-refractivity contribution >= 4 is 33.0 Å². The van der Waals surface area contributed by atoms with Crippen LogP contribution in [0.15, 0.2) is 42.7 Å². The zero-order valence-electron chi connectivity index (χ0n) is 18.1. The molecule has 1 fully saturated rings. The van der Waals surface area contributed by atoms with E-state index in [9.17, 15) is 4.79 Å². The number of carbonyl (C=O) groups is 1. The molecule has 0 atom stereocenters. The number of nitrogens with one attached hydrogen (secondary N) is 2. The number of nitrogens with zero attached hydrogens (tertiary/aromatic N) is 3. The maximum atomic E-state index is 11.9. The van der Waals surface area contributed by atoms with Gasteiger partial charge in [-0.2, -0.15) is 0 Å². The van der Waals surface area contributed by atoms with Crippen LogP contribution in [0.2, 0.25) is 0 Å². The maximum Gasteiger partial charge on any atom is 0.261 e. The summed E-state index contributed by atoms with van der Waals surface area (Å²) in [5.41, 5.74) is 1.08. The summed E-state index contributed by atoms with van der Waals surface area (Å²) < 4.78 is 6.99. The van der Waals surface area contributed by atoms with Crippen LogP contribution >= 0.6 is 11.3 Å². The first kappa shape index (κ1) is 21.5. The van der Waals surface area contributed by atoms with E-state index in [4.69, 9.17) is 4.74 Å². The van der Waals surface area contributed by atoms with Gasteiger partial charge in [0.2, 0.25) is 0 Å². The number of fused-ring (bicyclic) bond motifs is 1. The number of ether oxygens (including phenoxy) is 1. The van der Waals surface area contributed by atoms with Crippen LogP contribution in [0.5, 0.6) is 11.5 Å². The molecule has 3 heterocycles. The Balaban J connectivity index is 1.30. The van der Waals surface area contributed by atoms with Gasteiger partial charge in [-0.05, 0) is 50.3 Å². The highest BCUT2D eigenvalue weighted by Crippen LogP contribution is 2.34. The molecule has 0 radical (unpaired) electrons.